The molecule has 1 amide bonds. The van der Waals surface area contributed by atoms with Crippen molar-refractivity contribution < 1.29 is 24.5 Å². The summed E-state index contributed by atoms with van der Waals surface area (Å²) in [5.74, 6) is -0.533. The van der Waals surface area contributed by atoms with Gasteiger partial charge in [-0.3, -0.25) is 9.59 Å². The van der Waals surface area contributed by atoms with Gasteiger partial charge >= 0.3 is 5.97 Å². The van der Waals surface area contributed by atoms with Gasteiger partial charge in [-0.2, -0.15) is 0 Å². The topological polar surface area (TPSA) is 95.9 Å². The Balaban J connectivity index is 4.68. The van der Waals surface area contributed by atoms with Crippen LogP contribution in [0.3, 0.4) is 0 Å². The van der Waals surface area contributed by atoms with E-state index in [1.807, 2.05) is 36.5 Å². The van der Waals surface area contributed by atoms with E-state index in [2.05, 4.69) is 86.8 Å². The Morgan fingerprint density at radius 3 is 1.43 bits per heavy atom. The molecule has 0 rings (SSSR count). The SMILES string of the molecule is CC/C=C/C/C=C/C/C=C/CCCCCCCCC(=O)OC(CCCCC/C=C/C=C/C=C/C=C/C=C/CCC)CC(=O)NC(CO)C(O)CCCCCCCCCCCCCCCCCC. The smallest absolute Gasteiger partial charge is 0.306 e. The monoisotopic (exact) mass is 932 g/mol. The van der Waals surface area contributed by atoms with Crippen LogP contribution >= 0.6 is 0 Å². The van der Waals surface area contributed by atoms with Crippen LogP contribution in [0, 0.1) is 0 Å². The minimum absolute atomic E-state index is 0.0392. The standard InChI is InChI=1S/C61H105NO5/c1-4-7-10-13-16-19-22-25-28-31-34-37-40-43-46-49-52-57(67-61(66)54-51-48-45-42-39-36-33-30-27-24-21-18-15-12-9-6-3)55-60(65)62-58(56-63)59(64)53-50-47-44-41-38-35-32-29-26-23-20-17-14-11-8-5-2/h9-10,12-13,16,18-19,21-22,25,27-28,30-31,34,37,57-59,63-64H,4-8,11,14-15,17,20,23-24,26,29,32-33,35-36,38-56H2,1-3H3,(H,62,65)/b12-9+,13-10+,19-16+,21-18+,25-22+,30-27+,31-28+,37-34+. The molecule has 0 heterocycles. The van der Waals surface area contributed by atoms with E-state index >= 15 is 0 Å². The molecule has 0 aromatic carbocycles. The lowest BCUT2D eigenvalue weighted by Crippen LogP contribution is -2.46. The van der Waals surface area contributed by atoms with E-state index in [-0.39, 0.29) is 24.9 Å². The second-order valence-corrected chi connectivity index (χ2v) is 18.7. The minimum atomic E-state index is -0.808. The molecule has 0 aromatic rings. The maximum atomic E-state index is 13.3. The van der Waals surface area contributed by atoms with Crippen molar-refractivity contribution in [2.45, 2.75) is 270 Å². The first-order chi connectivity index (χ1) is 33.0. The number of unbranched alkanes of at least 4 members (excludes halogenated alkanes) is 25. The van der Waals surface area contributed by atoms with Gasteiger partial charge in [-0.15, -0.1) is 0 Å². The maximum absolute atomic E-state index is 13.3. The molecule has 0 saturated heterocycles. The van der Waals surface area contributed by atoms with Gasteiger partial charge in [0.1, 0.15) is 6.10 Å². The molecular formula is C61H105NO5. The quantitative estimate of drug-likeness (QED) is 0.0244. The highest BCUT2D eigenvalue weighted by Gasteiger charge is 2.24. The zero-order valence-electron chi connectivity index (χ0n) is 43.8. The van der Waals surface area contributed by atoms with Crippen LogP contribution in [0.15, 0.2) is 97.2 Å². The van der Waals surface area contributed by atoms with Crippen LogP contribution in [-0.2, 0) is 14.3 Å². The van der Waals surface area contributed by atoms with Crippen LogP contribution in [-0.4, -0.2) is 46.9 Å². The molecule has 6 heteroatoms. The van der Waals surface area contributed by atoms with E-state index in [1.165, 1.54) is 109 Å². The van der Waals surface area contributed by atoms with Crippen molar-refractivity contribution in [1.82, 2.24) is 5.32 Å². The van der Waals surface area contributed by atoms with E-state index in [1.54, 1.807) is 0 Å². The number of ether oxygens (including phenoxy) is 1. The molecule has 0 aliphatic heterocycles. The molecule has 3 atom stereocenters. The lowest BCUT2D eigenvalue weighted by Gasteiger charge is -2.24. The highest BCUT2D eigenvalue weighted by molar-refractivity contribution is 5.77. The number of esters is 1. The molecule has 67 heavy (non-hydrogen) atoms. The van der Waals surface area contributed by atoms with Gasteiger partial charge in [0.2, 0.25) is 5.91 Å². The largest absolute Gasteiger partial charge is 0.462 e. The molecule has 0 spiro atoms. The Kier molecular flexibility index (Phi) is 51.1. The summed E-state index contributed by atoms with van der Waals surface area (Å²) in [5.41, 5.74) is 0. The summed E-state index contributed by atoms with van der Waals surface area (Å²) in [7, 11) is 0. The summed E-state index contributed by atoms with van der Waals surface area (Å²) in [5, 5.41) is 23.9. The molecular weight excluding hydrogens is 827 g/mol. The predicted octanol–water partition coefficient (Wildman–Crippen LogP) is 17.3. The van der Waals surface area contributed by atoms with Gasteiger partial charge in [0.15, 0.2) is 0 Å². The average Bonchev–Trinajstić information content (AvgIpc) is 3.32. The third kappa shape index (κ3) is 49.0. The van der Waals surface area contributed by atoms with Gasteiger partial charge in [0, 0.05) is 6.42 Å². The maximum Gasteiger partial charge on any atom is 0.306 e. The number of hydrogen-bond acceptors (Lipinski definition) is 5. The van der Waals surface area contributed by atoms with Crippen LogP contribution < -0.4 is 5.32 Å². The van der Waals surface area contributed by atoms with Crippen molar-refractivity contribution in [3.05, 3.63) is 97.2 Å². The Hall–Kier alpha value is -3.22. The number of nitrogens with one attached hydrogen (secondary N) is 1. The molecule has 0 fully saturated rings. The fraction of sp³-hybridized carbons (Fsp3) is 0.705. The van der Waals surface area contributed by atoms with Gasteiger partial charge in [0.25, 0.3) is 0 Å². The van der Waals surface area contributed by atoms with Gasteiger partial charge < -0.3 is 20.3 Å². The fourth-order valence-corrected chi connectivity index (χ4v) is 8.06. The minimum Gasteiger partial charge on any atom is -0.462 e. The van der Waals surface area contributed by atoms with Crippen molar-refractivity contribution in [2.24, 2.45) is 0 Å². The van der Waals surface area contributed by atoms with Crippen molar-refractivity contribution in [1.29, 1.82) is 0 Å². The van der Waals surface area contributed by atoms with E-state index < -0.39 is 18.2 Å². The lowest BCUT2D eigenvalue weighted by atomic mass is 10.0. The van der Waals surface area contributed by atoms with Gasteiger partial charge in [0.05, 0.1) is 25.2 Å². The Morgan fingerprint density at radius 1 is 0.463 bits per heavy atom. The Bertz CT molecular complexity index is 1320. The number of hydrogen-bond donors (Lipinski definition) is 3. The molecule has 0 saturated carbocycles. The highest BCUT2D eigenvalue weighted by Crippen LogP contribution is 2.18. The van der Waals surface area contributed by atoms with E-state index in [0.717, 1.165) is 96.3 Å². The molecule has 0 aliphatic carbocycles. The highest BCUT2D eigenvalue weighted by atomic mass is 16.5. The molecule has 0 radical (unpaired) electrons. The average molecular weight is 933 g/mol. The number of carbonyl (C=O) groups excluding carboxylic acids is 2. The molecule has 6 nitrogen and oxygen atoms in total. The van der Waals surface area contributed by atoms with Crippen LogP contribution in [0.1, 0.15) is 252 Å². The van der Waals surface area contributed by atoms with Crippen molar-refractivity contribution in [2.75, 3.05) is 6.61 Å². The second kappa shape index (κ2) is 53.7. The number of amides is 1. The van der Waals surface area contributed by atoms with Crippen LogP contribution in [0.2, 0.25) is 0 Å². The molecule has 0 aliphatic rings. The summed E-state index contributed by atoms with van der Waals surface area (Å²) >= 11 is 0. The van der Waals surface area contributed by atoms with Crippen LogP contribution in [0.4, 0.5) is 0 Å². The summed E-state index contributed by atoms with van der Waals surface area (Å²) < 4.78 is 5.93. The summed E-state index contributed by atoms with van der Waals surface area (Å²) in [6.07, 6.45) is 71.8. The van der Waals surface area contributed by atoms with Crippen LogP contribution in [0.5, 0.6) is 0 Å². The van der Waals surface area contributed by atoms with Gasteiger partial charge in [-0.25, -0.2) is 0 Å². The molecule has 3 N–H and O–H groups in total. The van der Waals surface area contributed by atoms with Crippen molar-refractivity contribution in [3.8, 4) is 0 Å². The van der Waals surface area contributed by atoms with Crippen molar-refractivity contribution in [3.63, 3.8) is 0 Å². The molecule has 0 bridgehead atoms. The first-order valence-electron chi connectivity index (χ1n) is 28.0. The summed E-state index contributed by atoms with van der Waals surface area (Å²) in [6, 6.07) is -0.725. The third-order valence-electron chi connectivity index (χ3n) is 12.3. The summed E-state index contributed by atoms with van der Waals surface area (Å²) in [4.78, 5) is 26.3. The van der Waals surface area contributed by atoms with Crippen molar-refractivity contribution >= 4 is 11.9 Å². The molecule has 0 aromatic heterocycles. The molecule has 384 valence electrons. The Morgan fingerprint density at radius 2 is 0.896 bits per heavy atom. The number of carbonyl (C=O) groups is 2. The third-order valence-corrected chi connectivity index (χ3v) is 12.3. The normalized spacial score (nSPS) is 13.9. The van der Waals surface area contributed by atoms with Gasteiger partial charge in [-0.1, -0.05) is 259 Å². The lowest BCUT2D eigenvalue weighted by molar-refractivity contribution is -0.151. The predicted molar refractivity (Wildman–Crippen MR) is 291 cm³/mol. The zero-order chi connectivity index (χ0) is 48.8. The Labute approximate surface area is 414 Å². The second-order valence-electron chi connectivity index (χ2n) is 18.7. The molecule has 3 unspecified atom stereocenters. The fourth-order valence-electron chi connectivity index (χ4n) is 8.06. The number of allylic oxidation sites excluding steroid dienone is 16. The van der Waals surface area contributed by atoms with E-state index in [4.69, 9.17) is 4.74 Å². The van der Waals surface area contributed by atoms with E-state index in [9.17, 15) is 19.8 Å². The first-order valence-corrected chi connectivity index (χ1v) is 28.0. The zero-order valence-corrected chi connectivity index (χ0v) is 43.8. The number of aliphatic hydroxyl groups excluding tert-OH is 2. The van der Waals surface area contributed by atoms with Gasteiger partial charge in [-0.05, 0) is 77.0 Å². The first kappa shape index (κ1) is 63.8. The number of rotatable bonds is 49. The number of aliphatic hydroxyl groups is 2. The van der Waals surface area contributed by atoms with E-state index in [0.29, 0.717) is 19.3 Å². The van der Waals surface area contributed by atoms with Crippen LogP contribution in [0.25, 0.3) is 0 Å². The summed E-state index contributed by atoms with van der Waals surface area (Å²) in [6.45, 7) is 6.28.